The molecule has 1 aromatic carbocycles. The Morgan fingerprint density at radius 2 is 2.20 bits per heavy atom. The number of hydrogen-bond acceptors (Lipinski definition) is 2. The van der Waals surface area contributed by atoms with Crippen LogP contribution in [-0.4, -0.2) is 15.3 Å². The number of carbonyl (C=O) groups is 1. The van der Waals surface area contributed by atoms with Crippen LogP contribution in [0.15, 0.2) is 55.0 Å². The molecule has 0 saturated heterocycles. The second kappa shape index (κ2) is 5.35. The van der Waals surface area contributed by atoms with Gasteiger partial charge in [0.05, 0.1) is 5.56 Å². The van der Waals surface area contributed by atoms with E-state index in [1.807, 2.05) is 34.9 Å². The minimum Gasteiger partial charge on any atom is -0.348 e. The van der Waals surface area contributed by atoms with Gasteiger partial charge in [-0.25, -0.2) is 4.98 Å². The fourth-order valence-electron chi connectivity index (χ4n) is 1.99. The Bertz CT molecular complexity index is 766. The maximum absolute atomic E-state index is 12.1. The van der Waals surface area contributed by atoms with E-state index < -0.39 is 0 Å². The first-order chi connectivity index (χ1) is 9.72. The summed E-state index contributed by atoms with van der Waals surface area (Å²) in [6, 6.07) is 11.0. The Kier molecular flexibility index (Phi) is 3.39. The van der Waals surface area contributed by atoms with Crippen LogP contribution in [0.4, 0.5) is 0 Å². The summed E-state index contributed by atoms with van der Waals surface area (Å²) in [5.74, 6) is -0.124. The highest BCUT2D eigenvalue weighted by Gasteiger charge is 2.06. The van der Waals surface area contributed by atoms with E-state index in [9.17, 15) is 4.79 Å². The average Bonchev–Trinajstić information content (AvgIpc) is 2.92. The highest BCUT2D eigenvalue weighted by molar-refractivity contribution is 6.30. The van der Waals surface area contributed by atoms with E-state index in [0.717, 1.165) is 11.2 Å². The second-order valence-electron chi connectivity index (χ2n) is 4.42. The Morgan fingerprint density at radius 3 is 3.05 bits per heavy atom. The third-order valence-corrected chi connectivity index (χ3v) is 3.23. The summed E-state index contributed by atoms with van der Waals surface area (Å²) in [4.78, 5) is 16.2. The number of carbonyl (C=O) groups excluding carboxylic acids is 1. The van der Waals surface area contributed by atoms with Crippen molar-refractivity contribution in [3.63, 3.8) is 0 Å². The molecule has 0 unspecified atom stereocenters. The van der Waals surface area contributed by atoms with Crippen LogP contribution in [0.2, 0.25) is 5.02 Å². The summed E-state index contributed by atoms with van der Waals surface area (Å²) in [5, 5.41) is 3.53. The first-order valence-corrected chi connectivity index (χ1v) is 6.55. The molecular formula is C15H12ClN3O. The molecule has 0 radical (unpaired) electrons. The molecule has 1 N–H and O–H groups in total. The van der Waals surface area contributed by atoms with E-state index in [4.69, 9.17) is 11.6 Å². The van der Waals surface area contributed by atoms with Gasteiger partial charge < -0.3 is 9.72 Å². The van der Waals surface area contributed by atoms with Crippen molar-refractivity contribution in [2.75, 3.05) is 0 Å². The number of amides is 1. The monoisotopic (exact) mass is 285 g/mol. The standard InChI is InChI=1S/C15H12ClN3O/c16-13-3-1-2-11(8-13)9-18-15(20)12-4-5-14-17-6-7-19(14)10-12/h1-8,10H,9H2,(H,18,20). The number of nitrogens with one attached hydrogen (secondary N) is 1. The highest BCUT2D eigenvalue weighted by Crippen LogP contribution is 2.11. The SMILES string of the molecule is O=C(NCc1cccc(Cl)c1)c1ccc2nccn2c1. The number of fused-ring (bicyclic) bond motifs is 1. The van der Waals surface area contributed by atoms with E-state index in [2.05, 4.69) is 10.3 Å². The molecule has 0 aliphatic heterocycles. The van der Waals surface area contributed by atoms with Crippen molar-refractivity contribution >= 4 is 23.2 Å². The molecule has 1 amide bonds. The van der Waals surface area contributed by atoms with Crippen LogP contribution in [0.1, 0.15) is 15.9 Å². The summed E-state index contributed by atoms with van der Waals surface area (Å²) < 4.78 is 1.81. The Hall–Kier alpha value is -2.33. The van der Waals surface area contributed by atoms with Crippen molar-refractivity contribution in [3.8, 4) is 0 Å². The summed E-state index contributed by atoms with van der Waals surface area (Å²) in [7, 11) is 0. The molecular weight excluding hydrogens is 274 g/mol. The van der Waals surface area contributed by atoms with Gasteiger partial charge in [0.1, 0.15) is 5.65 Å². The van der Waals surface area contributed by atoms with Crippen LogP contribution in [0, 0.1) is 0 Å². The third-order valence-electron chi connectivity index (χ3n) is 2.99. The topological polar surface area (TPSA) is 46.4 Å². The Morgan fingerprint density at radius 1 is 1.30 bits per heavy atom. The minimum atomic E-state index is -0.124. The first kappa shape index (κ1) is 12.7. The summed E-state index contributed by atoms with van der Waals surface area (Å²) in [5.41, 5.74) is 2.38. The highest BCUT2D eigenvalue weighted by atomic mass is 35.5. The molecule has 4 nitrogen and oxygen atoms in total. The van der Waals surface area contributed by atoms with Gasteiger partial charge in [-0.15, -0.1) is 0 Å². The summed E-state index contributed by atoms with van der Waals surface area (Å²) in [6.45, 7) is 0.446. The van der Waals surface area contributed by atoms with Gasteiger partial charge in [0.15, 0.2) is 0 Å². The smallest absolute Gasteiger partial charge is 0.253 e. The van der Waals surface area contributed by atoms with Crippen LogP contribution in [0.5, 0.6) is 0 Å². The van der Waals surface area contributed by atoms with E-state index in [-0.39, 0.29) is 5.91 Å². The Labute approximate surface area is 121 Å². The van der Waals surface area contributed by atoms with Crippen molar-refractivity contribution in [2.24, 2.45) is 0 Å². The van der Waals surface area contributed by atoms with E-state index in [0.29, 0.717) is 17.1 Å². The molecule has 20 heavy (non-hydrogen) atoms. The molecule has 0 atom stereocenters. The molecule has 3 aromatic rings. The number of nitrogens with zero attached hydrogens (tertiary/aromatic N) is 2. The van der Waals surface area contributed by atoms with E-state index in [1.165, 1.54) is 0 Å². The number of imidazole rings is 1. The molecule has 0 fully saturated rings. The maximum Gasteiger partial charge on any atom is 0.253 e. The van der Waals surface area contributed by atoms with Crippen molar-refractivity contribution < 1.29 is 4.79 Å². The number of benzene rings is 1. The lowest BCUT2D eigenvalue weighted by Crippen LogP contribution is -2.23. The number of hydrogen-bond donors (Lipinski definition) is 1. The zero-order chi connectivity index (χ0) is 13.9. The number of halogens is 1. The number of pyridine rings is 1. The second-order valence-corrected chi connectivity index (χ2v) is 4.86. The molecule has 0 saturated carbocycles. The maximum atomic E-state index is 12.1. The van der Waals surface area contributed by atoms with Gasteiger partial charge in [-0.2, -0.15) is 0 Å². The van der Waals surface area contributed by atoms with Crippen LogP contribution >= 0.6 is 11.6 Å². The molecule has 0 bridgehead atoms. The lowest BCUT2D eigenvalue weighted by molar-refractivity contribution is 0.0950. The fraction of sp³-hybridized carbons (Fsp3) is 0.0667. The van der Waals surface area contributed by atoms with Gasteiger partial charge >= 0.3 is 0 Å². The van der Waals surface area contributed by atoms with Gasteiger partial charge in [-0.1, -0.05) is 23.7 Å². The van der Waals surface area contributed by atoms with Crippen molar-refractivity contribution in [3.05, 3.63) is 71.1 Å². The summed E-state index contributed by atoms with van der Waals surface area (Å²) >= 11 is 5.91. The molecule has 2 aromatic heterocycles. The Balaban J connectivity index is 1.72. The molecule has 3 rings (SSSR count). The lowest BCUT2D eigenvalue weighted by atomic mass is 10.2. The normalized spacial score (nSPS) is 10.7. The van der Waals surface area contributed by atoms with Crippen LogP contribution in [0.25, 0.3) is 5.65 Å². The van der Waals surface area contributed by atoms with Gasteiger partial charge in [-0.05, 0) is 29.8 Å². The van der Waals surface area contributed by atoms with Crippen molar-refractivity contribution in [2.45, 2.75) is 6.54 Å². The predicted molar refractivity (Wildman–Crippen MR) is 77.8 cm³/mol. The minimum absolute atomic E-state index is 0.124. The van der Waals surface area contributed by atoms with E-state index in [1.54, 1.807) is 24.5 Å². The van der Waals surface area contributed by atoms with Crippen molar-refractivity contribution in [1.29, 1.82) is 0 Å². The van der Waals surface area contributed by atoms with Crippen LogP contribution in [-0.2, 0) is 6.54 Å². The van der Waals surface area contributed by atoms with E-state index >= 15 is 0 Å². The largest absolute Gasteiger partial charge is 0.348 e. The van der Waals surface area contributed by atoms with Crippen LogP contribution in [0.3, 0.4) is 0 Å². The van der Waals surface area contributed by atoms with Gasteiger partial charge in [0.25, 0.3) is 5.91 Å². The summed E-state index contributed by atoms with van der Waals surface area (Å²) in [6.07, 6.45) is 5.27. The first-order valence-electron chi connectivity index (χ1n) is 6.18. The van der Waals surface area contributed by atoms with Crippen molar-refractivity contribution in [1.82, 2.24) is 14.7 Å². The molecule has 0 aliphatic carbocycles. The predicted octanol–water partition coefficient (Wildman–Crippen LogP) is 2.92. The number of aromatic nitrogens is 2. The average molecular weight is 286 g/mol. The van der Waals surface area contributed by atoms with Gasteiger partial charge in [0, 0.05) is 30.2 Å². The number of rotatable bonds is 3. The molecule has 100 valence electrons. The zero-order valence-electron chi connectivity index (χ0n) is 10.6. The van der Waals surface area contributed by atoms with Gasteiger partial charge in [0.2, 0.25) is 0 Å². The van der Waals surface area contributed by atoms with Crippen LogP contribution < -0.4 is 5.32 Å². The van der Waals surface area contributed by atoms with Gasteiger partial charge in [-0.3, -0.25) is 4.79 Å². The molecule has 0 spiro atoms. The fourth-order valence-corrected chi connectivity index (χ4v) is 2.20. The zero-order valence-corrected chi connectivity index (χ0v) is 11.3. The quantitative estimate of drug-likeness (QED) is 0.804. The lowest BCUT2D eigenvalue weighted by Gasteiger charge is -2.06. The third kappa shape index (κ3) is 2.65. The molecule has 2 heterocycles. The molecule has 5 heteroatoms. The molecule has 0 aliphatic rings.